The zero-order valence-corrected chi connectivity index (χ0v) is 21.6. The Morgan fingerprint density at radius 2 is 1.13 bits per heavy atom. The summed E-state index contributed by atoms with van der Waals surface area (Å²) in [6.45, 7) is 1.88. The molecule has 0 bridgehead atoms. The summed E-state index contributed by atoms with van der Waals surface area (Å²) < 4.78 is 6.68. The van der Waals surface area contributed by atoms with E-state index in [1.54, 1.807) is 84.9 Å². The van der Waals surface area contributed by atoms with Crippen LogP contribution >= 0.6 is 11.6 Å². The summed E-state index contributed by atoms with van der Waals surface area (Å²) in [7, 11) is 0. The van der Waals surface area contributed by atoms with Crippen molar-refractivity contribution in [1.29, 1.82) is 0 Å². The first-order valence-electron chi connectivity index (χ1n) is 12.7. The van der Waals surface area contributed by atoms with Crippen LogP contribution in [0.3, 0.4) is 0 Å². The van der Waals surface area contributed by atoms with Gasteiger partial charge in [-0.25, -0.2) is 0 Å². The van der Waals surface area contributed by atoms with Crippen LogP contribution in [0.15, 0.2) is 97.1 Å². The number of ether oxygens (including phenoxy) is 1. The molecule has 0 unspecified atom stereocenters. The molecule has 2 aliphatic carbocycles. The van der Waals surface area contributed by atoms with Gasteiger partial charge in [0.2, 0.25) is 17.2 Å². The van der Waals surface area contributed by atoms with Crippen molar-refractivity contribution >= 4 is 34.7 Å². The van der Waals surface area contributed by atoms with Crippen molar-refractivity contribution in [3.63, 3.8) is 0 Å². The molecule has 2 spiro atoms. The van der Waals surface area contributed by atoms with Crippen molar-refractivity contribution < 1.29 is 23.9 Å². The van der Waals surface area contributed by atoms with Crippen LogP contribution in [0.1, 0.15) is 70.1 Å². The van der Waals surface area contributed by atoms with Crippen molar-refractivity contribution in [2.24, 2.45) is 5.41 Å². The third-order valence-electron chi connectivity index (χ3n) is 8.39. The molecule has 1 saturated heterocycles. The van der Waals surface area contributed by atoms with E-state index in [4.69, 9.17) is 16.3 Å². The molecule has 3 aliphatic rings. The molecule has 0 N–H and O–H groups in total. The smallest absolute Gasteiger partial charge is 0.204 e. The van der Waals surface area contributed by atoms with Crippen molar-refractivity contribution in [1.82, 2.24) is 0 Å². The van der Waals surface area contributed by atoms with Crippen molar-refractivity contribution in [3.05, 3.63) is 141 Å². The van der Waals surface area contributed by atoms with Gasteiger partial charge in [0.15, 0.2) is 11.6 Å². The first kappa shape index (κ1) is 23.9. The molecule has 5 nitrogen and oxygen atoms in total. The minimum Gasteiger partial charge on any atom is -0.348 e. The maximum Gasteiger partial charge on any atom is 0.204 e. The maximum atomic E-state index is 14.6. The molecular weight excluding hydrogens is 512 g/mol. The van der Waals surface area contributed by atoms with Crippen LogP contribution in [0, 0.1) is 12.3 Å². The highest BCUT2D eigenvalue weighted by Gasteiger charge is 2.79. The molecule has 1 fully saturated rings. The Labute approximate surface area is 229 Å². The Bertz CT molecular complexity index is 1680. The summed E-state index contributed by atoms with van der Waals surface area (Å²) in [6.07, 6.45) is -1.21. The number of rotatable bonds is 2. The van der Waals surface area contributed by atoms with E-state index in [9.17, 15) is 19.2 Å². The highest BCUT2D eigenvalue weighted by molar-refractivity contribution is 6.37. The number of halogens is 1. The quantitative estimate of drug-likeness (QED) is 0.280. The van der Waals surface area contributed by atoms with Gasteiger partial charge in [-0.1, -0.05) is 102 Å². The van der Waals surface area contributed by atoms with Crippen LogP contribution in [0.5, 0.6) is 0 Å². The topological polar surface area (TPSA) is 77.5 Å². The van der Waals surface area contributed by atoms with Crippen LogP contribution in [0.25, 0.3) is 0 Å². The maximum absolute atomic E-state index is 14.6. The summed E-state index contributed by atoms with van der Waals surface area (Å²) in [5.74, 6) is -3.19. The van der Waals surface area contributed by atoms with Gasteiger partial charge in [-0.15, -0.1) is 0 Å². The minimum atomic E-state index is -2.10. The third kappa shape index (κ3) is 2.89. The molecule has 1 heterocycles. The second kappa shape index (κ2) is 8.15. The number of benzene rings is 4. The molecule has 2 atom stereocenters. The molecule has 0 aromatic heterocycles. The Hall–Kier alpha value is -4.19. The van der Waals surface area contributed by atoms with E-state index in [1.807, 2.05) is 19.1 Å². The van der Waals surface area contributed by atoms with Crippen LogP contribution < -0.4 is 0 Å². The Balaban J connectivity index is 1.60. The van der Waals surface area contributed by atoms with Crippen LogP contribution in [0.2, 0.25) is 5.02 Å². The second-order valence-corrected chi connectivity index (χ2v) is 10.8. The fraction of sp³-hybridized carbons (Fsp3) is 0.152. The van der Waals surface area contributed by atoms with Gasteiger partial charge in [-0.3, -0.25) is 19.2 Å². The number of carbonyl (C=O) groups excluding carboxylic acids is 4. The Morgan fingerprint density at radius 3 is 1.64 bits per heavy atom. The van der Waals surface area contributed by atoms with E-state index in [0.29, 0.717) is 16.1 Å². The predicted molar refractivity (Wildman–Crippen MR) is 145 cm³/mol. The lowest BCUT2D eigenvalue weighted by atomic mass is 9.59. The SMILES string of the molecule is Cc1cccc([C@@H]2C3(O[C@H](c4ccc(Cl)cc4)C24C(=O)c2ccccc2C4=O)C(=O)c2ccccc2C3=O)c1. The van der Waals surface area contributed by atoms with Gasteiger partial charge in [-0.2, -0.15) is 0 Å². The highest BCUT2D eigenvalue weighted by atomic mass is 35.5. The number of carbonyl (C=O) groups is 4. The lowest BCUT2D eigenvalue weighted by Crippen LogP contribution is -2.51. The molecule has 6 heteroatoms. The number of ketones is 4. The Morgan fingerprint density at radius 1 is 0.615 bits per heavy atom. The van der Waals surface area contributed by atoms with E-state index in [1.165, 1.54) is 0 Å². The fourth-order valence-corrected chi connectivity index (χ4v) is 6.94. The van der Waals surface area contributed by atoms with Gasteiger partial charge < -0.3 is 4.74 Å². The van der Waals surface area contributed by atoms with Crippen molar-refractivity contribution in [3.8, 4) is 0 Å². The molecule has 0 amide bonds. The fourth-order valence-electron chi connectivity index (χ4n) is 6.81. The monoisotopic (exact) mass is 532 g/mol. The van der Waals surface area contributed by atoms with Gasteiger partial charge >= 0.3 is 0 Å². The van der Waals surface area contributed by atoms with E-state index < -0.39 is 46.2 Å². The molecule has 0 radical (unpaired) electrons. The molecule has 7 rings (SSSR count). The number of fused-ring (bicyclic) bond motifs is 2. The largest absolute Gasteiger partial charge is 0.348 e. The van der Waals surface area contributed by atoms with Crippen LogP contribution in [-0.2, 0) is 4.74 Å². The molecule has 4 aromatic rings. The van der Waals surface area contributed by atoms with Gasteiger partial charge in [0.1, 0.15) is 11.5 Å². The zero-order valence-electron chi connectivity index (χ0n) is 20.8. The van der Waals surface area contributed by atoms with Crippen molar-refractivity contribution in [2.75, 3.05) is 0 Å². The number of hydrogen-bond acceptors (Lipinski definition) is 5. The first-order valence-corrected chi connectivity index (χ1v) is 13.1. The lowest BCUT2D eigenvalue weighted by Gasteiger charge is -2.34. The van der Waals surface area contributed by atoms with Gasteiger partial charge in [0, 0.05) is 27.3 Å². The molecule has 4 aromatic carbocycles. The Kier molecular flexibility index (Phi) is 5.00. The number of hydrogen-bond donors (Lipinski definition) is 0. The lowest BCUT2D eigenvalue weighted by molar-refractivity contribution is -0.0210. The summed E-state index contributed by atoms with van der Waals surface area (Å²) in [6, 6.07) is 27.1. The molecular formula is C33H21ClO5. The summed E-state index contributed by atoms with van der Waals surface area (Å²) in [5, 5.41) is 0.462. The van der Waals surface area contributed by atoms with E-state index in [2.05, 4.69) is 0 Å². The van der Waals surface area contributed by atoms with Gasteiger partial charge in [-0.05, 0) is 30.2 Å². The predicted octanol–water partition coefficient (Wildman–Crippen LogP) is 6.39. The normalized spacial score (nSPS) is 22.1. The average Bonchev–Trinajstić information content (AvgIpc) is 3.47. The summed E-state index contributed by atoms with van der Waals surface area (Å²) in [4.78, 5) is 58.0. The molecule has 190 valence electrons. The average molecular weight is 533 g/mol. The standard InChI is InChI=1S/C33H21ClO5/c1-18-7-6-8-20(17-18)26-32(27(35)22-9-2-3-10-23(22)28(32)36)31(19-13-15-21(34)16-14-19)39-33(26)29(37)24-11-4-5-12-25(24)30(33)38/h2-17,26,31H,1H3/t26-,31+/m0/s1. The zero-order chi connectivity index (χ0) is 27.1. The molecule has 39 heavy (non-hydrogen) atoms. The summed E-state index contributed by atoms with van der Waals surface area (Å²) in [5.41, 5.74) is -1.15. The molecule has 1 aliphatic heterocycles. The third-order valence-corrected chi connectivity index (χ3v) is 8.64. The van der Waals surface area contributed by atoms with Crippen LogP contribution in [0.4, 0.5) is 0 Å². The van der Waals surface area contributed by atoms with Gasteiger partial charge in [0.05, 0.1) is 5.92 Å². The van der Waals surface area contributed by atoms with E-state index in [-0.39, 0.29) is 22.3 Å². The minimum absolute atomic E-state index is 0.225. The van der Waals surface area contributed by atoms with Gasteiger partial charge in [0.25, 0.3) is 0 Å². The first-order chi connectivity index (χ1) is 18.8. The number of Topliss-reactive ketones (excluding diaryl/α,β-unsaturated/α-hetero) is 4. The number of aryl methyl sites for hydroxylation is 1. The summed E-state index contributed by atoms with van der Waals surface area (Å²) >= 11 is 6.19. The highest BCUT2D eigenvalue weighted by Crippen LogP contribution is 2.67. The van der Waals surface area contributed by atoms with Crippen LogP contribution in [-0.4, -0.2) is 28.7 Å². The second-order valence-electron chi connectivity index (χ2n) is 10.4. The van der Waals surface area contributed by atoms with Crippen molar-refractivity contribution in [2.45, 2.75) is 24.5 Å². The van der Waals surface area contributed by atoms with E-state index >= 15 is 0 Å². The van der Waals surface area contributed by atoms with E-state index in [0.717, 1.165) is 5.56 Å². The molecule has 0 saturated carbocycles.